The van der Waals surface area contributed by atoms with Gasteiger partial charge >= 0.3 is 126 Å². The van der Waals surface area contributed by atoms with E-state index in [0.717, 1.165) is 4.59 Å². The summed E-state index contributed by atoms with van der Waals surface area (Å²) in [5.74, 6) is 0. The second kappa shape index (κ2) is 8.85. The molecule has 1 atom stereocenters. The Balaban J connectivity index is 1.92. The Morgan fingerprint density at radius 3 is 2.53 bits per heavy atom. The molecule has 0 amide bonds. The molecule has 101 valence electrons. The second-order valence-electron chi connectivity index (χ2n) is 6.43. The maximum atomic E-state index is 2.72. The van der Waals surface area contributed by atoms with E-state index < -0.39 is 0 Å². The summed E-state index contributed by atoms with van der Waals surface area (Å²) >= 11 is 0.162. The molecule has 1 aromatic rings. The summed E-state index contributed by atoms with van der Waals surface area (Å²) in [4.78, 5) is 2.72. The molecule has 0 spiro atoms. The number of benzene rings is 1. The molecule has 1 aliphatic heterocycles. The van der Waals surface area contributed by atoms with Crippen LogP contribution in [0, 0.1) is 0 Å². The first-order valence-corrected chi connectivity index (χ1v) is 8.55. The fourth-order valence-corrected chi connectivity index (χ4v) is 3.69. The van der Waals surface area contributed by atoms with Gasteiger partial charge in [-0.2, -0.15) is 0 Å². The standard InChI is InChI=1S/C13H18N.C4H9.Li/c1-3-7-13(8-4-1)9-12-14-10-5-2-6-11-14;1-3-4-2;/h1,3-4,7-9H,2,5-6,10-12H2;1,3-4H2,2H3;. The topological polar surface area (TPSA) is 3.24 Å². The molecule has 0 aromatic heterocycles. The van der Waals surface area contributed by atoms with Crippen LogP contribution < -0.4 is 0 Å². The van der Waals surface area contributed by atoms with E-state index in [9.17, 15) is 0 Å². The molecule has 2 heteroatoms. The first-order chi connectivity index (χ1) is 9.40. The van der Waals surface area contributed by atoms with E-state index in [1.807, 2.05) is 0 Å². The molecule has 19 heavy (non-hydrogen) atoms. The Hall–Kier alpha value is -0.223. The number of hydrogen-bond donors (Lipinski definition) is 0. The van der Waals surface area contributed by atoms with E-state index in [1.165, 1.54) is 56.8 Å². The minimum atomic E-state index is 0.162. The van der Waals surface area contributed by atoms with Crippen molar-refractivity contribution in [1.82, 2.24) is 4.90 Å². The van der Waals surface area contributed by atoms with Crippen molar-refractivity contribution in [2.45, 2.75) is 48.7 Å². The average Bonchev–Trinajstić information content (AvgIpc) is 2.48. The SMILES string of the molecule is CCC[CH2][Li][C@H](CN1CCCCC1)c1ccccc1. The molecule has 0 aliphatic carbocycles. The molecule has 1 nitrogen and oxygen atoms in total. The van der Waals surface area contributed by atoms with Crippen LogP contribution in [0.1, 0.15) is 49.2 Å². The normalized spacial score (nSPS) is 18.4. The van der Waals surface area contributed by atoms with Crippen molar-refractivity contribution in [1.29, 1.82) is 0 Å². The predicted molar refractivity (Wildman–Crippen MR) is 84.9 cm³/mol. The van der Waals surface area contributed by atoms with E-state index in [-0.39, 0.29) is 16.6 Å². The van der Waals surface area contributed by atoms with Gasteiger partial charge in [0.2, 0.25) is 0 Å². The molecular weight excluding hydrogens is 225 g/mol. The Bertz CT molecular complexity index is 332. The van der Waals surface area contributed by atoms with Crippen molar-refractivity contribution in [3.05, 3.63) is 35.9 Å². The summed E-state index contributed by atoms with van der Waals surface area (Å²) in [5, 5.41) is 1.50. The van der Waals surface area contributed by atoms with Crippen molar-refractivity contribution in [2.75, 3.05) is 19.6 Å². The number of likely N-dealkylation sites (tertiary alicyclic amines) is 1. The molecule has 1 saturated heterocycles. The second-order valence-corrected chi connectivity index (χ2v) is 6.43. The van der Waals surface area contributed by atoms with Gasteiger partial charge in [0.05, 0.1) is 0 Å². The number of unbranched alkanes of at least 4 members (excludes halogenated alkanes) is 1. The summed E-state index contributed by atoms with van der Waals surface area (Å²) in [7, 11) is 0. The molecule has 0 bridgehead atoms. The van der Waals surface area contributed by atoms with Crippen molar-refractivity contribution in [3.8, 4) is 0 Å². The van der Waals surface area contributed by atoms with Gasteiger partial charge < -0.3 is 0 Å². The summed E-state index contributed by atoms with van der Waals surface area (Å²) in [6.07, 6.45) is 7.06. The van der Waals surface area contributed by atoms with Gasteiger partial charge in [-0.05, 0) is 0 Å². The summed E-state index contributed by atoms with van der Waals surface area (Å²) in [5.41, 5.74) is 1.60. The molecule has 0 N–H and O–H groups in total. The monoisotopic (exact) mass is 252 g/mol. The van der Waals surface area contributed by atoms with Crippen LogP contribution in [-0.4, -0.2) is 41.1 Å². The van der Waals surface area contributed by atoms with Gasteiger partial charge in [0.15, 0.2) is 0 Å². The van der Waals surface area contributed by atoms with Crippen molar-refractivity contribution in [3.63, 3.8) is 0 Å². The van der Waals surface area contributed by atoms with Crippen molar-refractivity contribution >= 4 is 16.6 Å². The maximum absolute atomic E-state index is 2.72. The Kier molecular flexibility index (Phi) is 7.07. The number of piperidine rings is 1. The van der Waals surface area contributed by atoms with Gasteiger partial charge in [0.1, 0.15) is 0 Å². The first kappa shape index (κ1) is 15.2. The Labute approximate surface area is 126 Å². The quantitative estimate of drug-likeness (QED) is 0.521. The van der Waals surface area contributed by atoms with Gasteiger partial charge in [-0.3, -0.25) is 0 Å². The fourth-order valence-electron chi connectivity index (χ4n) is 3.69. The van der Waals surface area contributed by atoms with Gasteiger partial charge in [-0.25, -0.2) is 0 Å². The summed E-state index contributed by atoms with van der Waals surface area (Å²) in [6.45, 7) is 6.31. The number of nitrogens with zero attached hydrogens (tertiary/aromatic N) is 1. The van der Waals surface area contributed by atoms with Crippen LogP contribution in [0.2, 0.25) is 5.09 Å². The van der Waals surface area contributed by atoms with E-state index in [0.29, 0.717) is 0 Å². The van der Waals surface area contributed by atoms with Crippen LogP contribution in [0.5, 0.6) is 0 Å². The third-order valence-electron chi connectivity index (χ3n) is 4.84. The van der Waals surface area contributed by atoms with Crippen LogP contribution >= 0.6 is 0 Å². The fraction of sp³-hybridized carbons (Fsp3) is 0.647. The molecule has 0 saturated carbocycles. The van der Waals surface area contributed by atoms with Crippen LogP contribution in [0.15, 0.2) is 30.3 Å². The number of hydrogen-bond acceptors (Lipinski definition) is 1. The van der Waals surface area contributed by atoms with Crippen LogP contribution in [0.4, 0.5) is 0 Å². The van der Waals surface area contributed by atoms with E-state index >= 15 is 0 Å². The molecular formula is C17H27LiN. The summed E-state index contributed by atoms with van der Waals surface area (Å²) < 4.78 is 0.867. The number of rotatable bonds is 7. The van der Waals surface area contributed by atoms with Crippen LogP contribution in [-0.2, 0) is 0 Å². The summed E-state index contributed by atoms with van der Waals surface area (Å²) in [6, 6.07) is 11.3. The third kappa shape index (κ3) is 5.34. The van der Waals surface area contributed by atoms with Crippen LogP contribution in [0.25, 0.3) is 0 Å². The van der Waals surface area contributed by atoms with Gasteiger partial charge in [-0.15, -0.1) is 0 Å². The Morgan fingerprint density at radius 2 is 1.84 bits per heavy atom. The predicted octanol–water partition coefficient (Wildman–Crippen LogP) is 4.14. The first-order valence-electron chi connectivity index (χ1n) is 8.55. The van der Waals surface area contributed by atoms with E-state index in [4.69, 9.17) is 0 Å². The van der Waals surface area contributed by atoms with Gasteiger partial charge in [0, 0.05) is 0 Å². The Morgan fingerprint density at radius 1 is 1.11 bits per heavy atom. The van der Waals surface area contributed by atoms with E-state index in [1.54, 1.807) is 5.56 Å². The van der Waals surface area contributed by atoms with Crippen molar-refractivity contribution in [2.24, 2.45) is 0 Å². The zero-order chi connectivity index (χ0) is 13.3. The molecule has 1 heterocycles. The molecule has 1 aromatic carbocycles. The van der Waals surface area contributed by atoms with E-state index in [2.05, 4.69) is 42.2 Å². The van der Waals surface area contributed by atoms with Crippen LogP contribution in [0.3, 0.4) is 0 Å². The van der Waals surface area contributed by atoms with Crippen molar-refractivity contribution < 1.29 is 0 Å². The molecule has 1 fully saturated rings. The molecule has 0 unspecified atom stereocenters. The molecule has 2 rings (SSSR count). The minimum absolute atomic E-state index is 0.162. The molecule has 1 aliphatic rings. The van der Waals surface area contributed by atoms with Gasteiger partial charge in [0.25, 0.3) is 0 Å². The zero-order valence-corrected chi connectivity index (χ0v) is 12.8. The third-order valence-corrected chi connectivity index (χ3v) is 4.84. The van der Waals surface area contributed by atoms with Gasteiger partial charge in [-0.1, -0.05) is 0 Å². The molecule has 5 radical (unpaired) electrons. The zero-order valence-electron chi connectivity index (χ0n) is 12.8. The average molecular weight is 252 g/mol.